The summed E-state index contributed by atoms with van der Waals surface area (Å²) in [6, 6.07) is 13.3. The van der Waals surface area contributed by atoms with Gasteiger partial charge in [0.2, 0.25) is 0 Å². The van der Waals surface area contributed by atoms with E-state index >= 15 is 0 Å². The molecule has 0 radical (unpaired) electrons. The quantitative estimate of drug-likeness (QED) is 0.874. The molecule has 2 atom stereocenters. The molecule has 0 bridgehead atoms. The van der Waals surface area contributed by atoms with E-state index in [2.05, 4.69) is 0 Å². The molecular weight excluding hydrogens is 264 g/mol. The van der Waals surface area contributed by atoms with Gasteiger partial charge in [-0.1, -0.05) is 42.0 Å². The Kier molecular flexibility index (Phi) is 3.52. The van der Waals surface area contributed by atoms with Crippen molar-refractivity contribution in [1.82, 2.24) is 0 Å². The topological polar surface area (TPSA) is 46.5 Å². The minimum atomic E-state index is -0.644. The van der Waals surface area contributed by atoms with Gasteiger partial charge in [-0.25, -0.2) is 4.79 Å². The highest BCUT2D eigenvalue weighted by Gasteiger charge is 2.32. The third-order valence-electron chi connectivity index (χ3n) is 4.00. The minimum absolute atomic E-state index is 0.302. The third-order valence-corrected chi connectivity index (χ3v) is 4.00. The van der Waals surface area contributed by atoms with Gasteiger partial charge < -0.3 is 9.84 Å². The van der Waals surface area contributed by atoms with Crippen LogP contribution in [0, 0.1) is 13.8 Å². The summed E-state index contributed by atoms with van der Waals surface area (Å²) >= 11 is 0. The van der Waals surface area contributed by atoms with Crippen molar-refractivity contribution in [1.29, 1.82) is 0 Å². The highest BCUT2D eigenvalue weighted by Crippen LogP contribution is 2.37. The first-order chi connectivity index (χ1) is 10.1. The maximum Gasteiger partial charge on any atom is 0.339 e. The van der Waals surface area contributed by atoms with Crippen LogP contribution < -0.4 is 0 Å². The van der Waals surface area contributed by atoms with Gasteiger partial charge in [-0.3, -0.25) is 0 Å². The van der Waals surface area contributed by atoms with Gasteiger partial charge in [0.15, 0.2) is 0 Å². The molecule has 3 heteroatoms. The SMILES string of the molecule is Cc1ccc([C@@H](O)C[C@H]2OC(=O)c3ccccc32)c(C)c1. The lowest BCUT2D eigenvalue weighted by atomic mass is 9.94. The Hall–Kier alpha value is -2.13. The van der Waals surface area contributed by atoms with E-state index in [0.717, 1.165) is 16.7 Å². The van der Waals surface area contributed by atoms with E-state index in [1.165, 1.54) is 5.56 Å². The monoisotopic (exact) mass is 282 g/mol. The zero-order valence-corrected chi connectivity index (χ0v) is 12.2. The summed E-state index contributed by atoms with van der Waals surface area (Å²) < 4.78 is 5.39. The lowest BCUT2D eigenvalue weighted by Crippen LogP contribution is -2.07. The number of benzene rings is 2. The molecule has 2 aromatic carbocycles. The Morgan fingerprint density at radius 2 is 1.95 bits per heavy atom. The number of aliphatic hydroxyl groups excluding tert-OH is 1. The van der Waals surface area contributed by atoms with Crippen molar-refractivity contribution in [2.24, 2.45) is 0 Å². The zero-order chi connectivity index (χ0) is 15.0. The van der Waals surface area contributed by atoms with Gasteiger partial charge in [0.05, 0.1) is 11.7 Å². The van der Waals surface area contributed by atoms with Crippen LogP contribution in [-0.4, -0.2) is 11.1 Å². The molecule has 2 aromatic rings. The number of hydrogen-bond donors (Lipinski definition) is 1. The Morgan fingerprint density at radius 3 is 2.71 bits per heavy atom. The summed E-state index contributed by atoms with van der Waals surface area (Å²) in [7, 11) is 0. The first kappa shape index (κ1) is 13.8. The number of hydrogen-bond acceptors (Lipinski definition) is 3. The number of fused-ring (bicyclic) bond motifs is 1. The summed E-state index contributed by atoms with van der Waals surface area (Å²) in [5, 5.41) is 10.5. The van der Waals surface area contributed by atoms with E-state index < -0.39 is 6.10 Å². The predicted molar refractivity (Wildman–Crippen MR) is 80.1 cm³/mol. The number of carbonyl (C=O) groups excluding carboxylic acids is 1. The highest BCUT2D eigenvalue weighted by atomic mass is 16.5. The molecular formula is C18H18O3. The van der Waals surface area contributed by atoms with E-state index in [0.29, 0.717) is 12.0 Å². The molecule has 21 heavy (non-hydrogen) atoms. The average molecular weight is 282 g/mol. The van der Waals surface area contributed by atoms with Crippen molar-refractivity contribution in [3.05, 3.63) is 70.3 Å². The maximum absolute atomic E-state index is 11.8. The summed E-state index contributed by atoms with van der Waals surface area (Å²) in [6.07, 6.45) is -0.633. The second-order valence-corrected chi connectivity index (χ2v) is 5.59. The molecule has 0 saturated heterocycles. The Labute approximate surface area is 124 Å². The highest BCUT2D eigenvalue weighted by molar-refractivity contribution is 5.93. The van der Waals surface area contributed by atoms with E-state index in [1.54, 1.807) is 6.07 Å². The zero-order valence-electron chi connectivity index (χ0n) is 12.2. The van der Waals surface area contributed by atoms with Crippen LogP contribution in [0.1, 0.15) is 51.2 Å². The van der Waals surface area contributed by atoms with Crippen LogP contribution in [0.2, 0.25) is 0 Å². The molecule has 3 nitrogen and oxygen atoms in total. The van der Waals surface area contributed by atoms with Crippen LogP contribution in [0.4, 0.5) is 0 Å². The minimum Gasteiger partial charge on any atom is -0.454 e. The lowest BCUT2D eigenvalue weighted by molar-refractivity contribution is 0.0234. The average Bonchev–Trinajstić information content (AvgIpc) is 2.76. The van der Waals surface area contributed by atoms with Gasteiger partial charge in [-0.15, -0.1) is 0 Å². The van der Waals surface area contributed by atoms with Gasteiger partial charge in [-0.05, 0) is 31.0 Å². The Bertz CT molecular complexity index is 691. The smallest absolute Gasteiger partial charge is 0.339 e. The van der Waals surface area contributed by atoms with Crippen molar-refractivity contribution in [2.45, 2.75) is 32.5 Å². The second kappa shape index (κ2) is 5.34. The fourth-order valence-corrected chi connectivity index (χ4v) is 2.92. The van der Waals surface area contributed by atoms with Gasteiger partial charge in [0.25, 0.3) is 0 Å². The van der Waals surface area contributed by atoms with Crippen molar-refractivity contribution in [3.8, 4) is 0 Å². The van der Waals surface area contributed by atoms with Gasteiger partial charge in [-0.2, -0.15) is 0 Å². The van der Waals surface area contributed by atoms with Crippen LogP contribution >= 0.6 is 0 Å². The molecule has 0 spiro atoms. The van der Waals surface area contributed by atoms with E-state index in [9.17, 15) is 9.90 Å². The number of ether oxygens (including phenoxy) is 1. The molecule has 1 aliphatic rings. The maximum atomic E-state index is 11.8. The second-order valence-electron chi connectivity index (χ2n) is 5.59. The molecule has 0 saturated carbocycles. The molecule has 0 amide bonds. The van der Waals surface area contributed by atoms with Crippen LogP contribution in [0.25, 0.3) is 0 Å². The van der Waals surface area contributed by atoms with Crippen LogP contribution in [0.3, 0.4) is 0 Å². The van der Waals surface area contributed by atoms with E-state index in [4.69, 9.17) is 4.74 Å². The first-order valence-electron chi connectivity index (χ1n) is 7.11. The molecule has 0 fully saturated rings. The predicted octanol–water partition coefficient (Wildman–Crippen LogP) is 3.64. The van der Waals surface area contributed by atoms with Crippen molar-refractivity contribution in [3.63, 3.8) is 0 Å². The van der Waals surface area contributed by atoms with Gasteiger partial charge in [0, 0.05) is 12.0 Å². The first-order valence-corrected chi connectivity index (χ1v) is 7.11. The summed E-state index contributed by atoms with van der Waals surface area (Å²) in [5.41, 5.74) is 4.59. The molecule has 0 aromatic heterocycles. The molecule has 0 unspecified atom stereocenters. The van der Waals surface area contributed by atoms with Crippen LogP contribution in [0.5, 0.6) is 0 Å². The van der Waals surface area contributed by atoms with Crippen molar-refractivity contribution >= 4 is 5.97 Å². The standard InChI is InChI=1S/C18H18O3/c1-11-7-8-13(12(2)9-11)16(19)10-17-14-5-3-4-6-15(14)18(20)21-17/h3-9,16-17,19H,10H2,1-2H3/t16-,17+/m0/s1. The number of cyclic esters (lactones) is 1. The third kappa shape index (κ3) is 2.57. The van der Waals surface area contributed by atoms with Gasteiger partial charge in [0.1, 0.15) is 6.10 Å². The molecule has 108 valence electrons. The number of rotatable bonds is 3. The normalized spacial score (nSPS) is 18.2. The summed E-state index contributed by atoms with van der Waals surface area (Å²) in [6.45, 7) is 4.01. The van der Waals surface area contributed by atoms with Crippen molar-refractivity contribution < 1.29 is 14.6 Å². The molecule has 1 heterocycles. The fraction of sp³-hybridized carbons (Fsp3) is 0.278. The molecule has 1 N–H and O–H groups in total. The van der Waals surface area contributed by atoms with E-state index in [1.807, 2.05) is 50.2 Å². The summed E-state index contributed by atoms with van der Waals surface area (Å²) in [4.78, 5) is 11.8. The lowest BCUT2D eigenvalue weighted by Gasteiger charge is -2.18. The fourth-order valence-electron chi connectivity index (χ4n) is 2.92. The van der Waals surface area contributed by atoms with Crippen LogP contribution in [-0.2, 0) is 4.74 Å². The number of aliphatic hydroxyl groups is 1. The largest absolute Gasteiger partial charge is 0.454 e. The number of carbonyl (C=O) groups is 1. The molecule has 3 rings (SSSR count). The molecule has 0 aliphatic carbocycles. The number of esters is 1. The number of aryl methyl sites for hydroxylation is 2. The van der Waals surface area contributed by atoms with Crippen molar-refractivity contribution in [2.75, 3.05) is 0 Å². The van der Waals surface area contributed by atoms with Gasteiger partial charge >= 0.3 is 5.97 Å². The Balaban J connectivity index is 1.83. The van der Waals surface area contributed by atoms with E-state index in [-0.39, 0.29) is 12.1 Å². The Morgan fingerprint density at radius 1 is 1.19 bits per heavy atom. The van der Waals surface area contributed by atoms with Crippen LogP contribution in [0.15, 0.2) is 42.5 Å². The molecule has 1 aliphatic heterocycles. The summed E-state index contributed by atoms with van der Waals surface area (Å²) in [5.74, 6) is -0.302.